The summed E-state index contributed by atoms with van der Waals surface area (Å²) >= 11 is 0. The smallest absolute Gasteiger partial charge is 0.255 e. The van der Waals surface area contributed by atoms with Crippen molar-refractivity contribution in [3.63, 3.8) is 0 Å². The van der Waals surface area contributed by atoms with Crippen LogP contribution in [0.2, 0.25) is 0 Å². The second kappa shape index (κ2) is 5.73. The van der Waals surface area contributed by atoms with E-state index in [1.807, 2.05) is 17.9 Å². The number of aromatic amines is 1. The first-order valence-corrected chi connectivity index (χ1v) is 8.53. The Morgan fingerprint density at radius 3 is 2.79 bits per heavy atom. The number of aromatic nitrogens is 4. The normalized spacial score (nSPS) is 21.3. The maximum absolute atomic E-state index is 13.0. The average Bonchev–Trinajstić information content (AvgIpc) is 3.24. The first-order chi connectivity index (χ1) is 11.5. The second-order valence-electron chi connectivity index (χ2n) is 6.78. The zero-order chi connectivity index (χ0) is 16.8. The van der Waals surface area contributed by atoms with Crippen LogP contribution in [-0.2, 0) is 4.74 Å². The number of carbonyl (C=O) groups excluding carboxylic acids is 1. The van der Waals surface area contributed by atoms with Crippen LogP contribution in [0, 0.1) is 20.8 Å². The number of ether oxygens (including phenoxy) is 1. The van der Waals surface area contributed by atoms with Gasteiger partial charge in [0.15, 0.2) is 5.82 Å². The molecule has 3 heterocycles. The molecule has 2 aromatic heterocycles. The monoisotopic (exact) mass is 329 g/mol. The highest BCUT2D eigenvalue weighted by molar-refractivity contribution is 5.95. The van der Waals surface area contributed by atoms with E-state index >= 15 is 0 Å². The van der Waals surface area contributed by atoms with Crippen LogP contribution in [0.15, 0.2) is 6.07 Å². The van der Waals surface area contributed by atoms with Crippen molar-refractivity contribution < 1.29 is 9.53 Å². The van der Waals surface area contributed by atoms with E-state index in [0.29, 0.717) is 31.6 Å². The summed E-state index contributed by atoms with van der Waals surface area (Å²) in [5.74, 6) is 1.45. The Hall–Kier alpha value is -2.15. The molecule has 1 aliphatic carbocycles. The van der Waals surface area contributed by atoms with Gasteiger partial charge in [-0.3, -0.25) is 9.89 Å². The van der Waals surface area contributed by atoms with Crippen LogP contribution in [0.25, 0.3) is 0 Å². The van der Waals surface area contributed by atoms with Crippen LogP contribution < -0.4 is 0 Å². The SMILES string of the molecule is Cc1nc([C@H]2CN(C(=O)c3cc(C)n(C4CC4)c3C)CCO2)n[nH]1. The summed E-state index contributed by atoms with van der Waals surface area (Å²) in [6.45, 7) is 7.59. The molecule has 7 nitrogen and oxygen atoms in total. The predicted molar refractivity (Wildman–Crippen MR) is 87.9 cm³/mol. The fourth-order valence-electron chi connectivity index (χ4n) is 3.55. The predicted octanol–water partition coefficient (Wildman–Crippen LogP) is 2.08. The van der Waals surface area contributed by atoms with Crippen molar-refractivity contribution in [3.05, 3.63) is 34.7 Å². The molecule has 1 atom stereocenters. The third kappa shape index (κ3) is 2.62. The Balaban J connectivity index is 1.55. The molecule has 24 heavy (non-hydrogen) atoms. The summed E-state index contributed by atoms with van der Waals surface area (Å²) in [6.07, 6.45) is 2.17. The molecule has 1 N–H and O–H groups in total. The van der Waals surface area contributed by atoms with Gasteiger partial charge in [0.05, 0.1) is 18.7 Å². The molecule has 4 rings (SSSR count). The minimum Gasteiger partial charge on any atom is -0.366 e. The minimum atomic E-state index is -0.264. The molecule has 2 fully saturated rings. The number of nitrogens with zero attached hydrogens (tertiary/aromatic N) is 4. The largest absolute Gasteiger partial charge is 0.366 e. The van der Waals surface area contributed by atoms with E-state index in [0.717, 1.165) is 17.1 Å². The first kappa shape index (κ1) is 15.4. The van der Waals surface area contributed by atoms with Gasteiger partial charge in [-0.05, 0) is 39.7 Å². The zero-order valence-corrected chi connectivity index (χ0v) is 14.4. The van der Waals surface area contributed by atoms with Crippen molar-refractivity contribution in [2.75, 3.05) is 19.7 Å². The van der Waals surface area contributed by atoms with E-state index in [1.54, 1.807) is 0 Å². The van der Waals surface area contributed by atoms with Crippen molar-refractivity contribution in [1.82, 2.24) is 24.6 Å². The number of hydrogen-bond acceptors (Lipinski definition) is 4. The lowest BCUT2D eigenvalue weighted by atomic mass is 10.2. The molecule has 0 unspecified atom stereocenters. The minimum absolute atomic E-state index is 0.0792. The summed E-state index contributed by atoms with van der Waals surface area (Å²) in [7, 11) is 0. The molecule has 1 saturated carbocycles. The van der Waals surface area contributed by atoms with Crippen molar-refractivity contribution in [1.29, 1.82) is 0 Å². The van der Waals surface area contributed by atoms with Crippen molar-refractivity contribution >= 4 is 5.91 Å². The first-order valence-electron chi connectivity index (χ1n) is 8.53. The Morgan fingerprint density at radius 1 is 1.33 bits per heavy atom. The molecule has 0 aromatic carbocycles. The number of morpholine rings is 1. The van der Waals surface area contributed by atoms with Gasteiger partial charge in [0.2, 0.25) is 0 Å². The van der Waals surface area contributed by atoms with Crippen LogP contribution >= 0.6 is 0 Å². The molecule has 0 radical (unpaired) electrons. The molecule has 1 aliphatic heterocycles. The van der Waals surface area contributed by atoms with Crippen LogP contribution in [-0.4, -0.2) is 50.3 Å². The molecule has 0 bridgehead atoms. The number of carbonyl (C=O) groups is 1. The average molecular weight is 329 g/mol. The molecular weight excluding hydrogens is 306 g/mol. The zero-order valence-electron chi connectivity index (χ0n) is 14.4. The maximum Gasteiger partial charge on any atom is 0.255 e. The van der Waals surface area contributed by atoms with Crippen LogP contribution in [0.1, 0.15) is 58.4 Å². The van der Waals surface area contributed by atoms with Crippen molar-refractivity contribution in [3.8, 4) is 0 Å². The molecule has 128 valence electrons. The number of nitrogens with one attached hydrogen (secondary N) is 1. The lowest BCUT2D eigenvalue weighted by Gasteiger charge is -2.31. The van der Waals surface area contributed by atoms with Gasteiger partial charge >= 0.3 is 0 Å². The number of hydrogen-bond donors (Lipinski definition) is 1. The lowest BCUT2D eigenvalue weighted by Crippen LogP contribution is -2.42. The van der Waals surface area contributed by atoms with Crippen molar-refractivity contribution in [2.45, 2.75) is 45.8 Å². The van der Waals surface area contributed by atoms with Crippen molar-refractivity contribution in [2.24, 2.45) is 0 Å². The fourth-order valence-corrected chi connectivity index (χ4v) is 3.55. The van der Waals surface area contributed by atoms with Crippen LogP contribution in [0.3, 0.4) is 0 Å². The van der Waals surface area contributed by atoms with E-state index in [4.69, 9.17) is 4.74 Å². The molecule has 7 heteroatoms. The number of rotatable bonds is 3. The van der Waals surface area contributed by atoms with Crippen LogP contribution in [0.4, 0.5) is 0 Å². The van der Waals surface area contributed by atoms with Gasteiger partial charge in [-0.25, -0.2) is 4.98 Å². The van der Waals surface area contributed by atoms with Gasteiger partial charge in [0, 0.05) is 24.0 Å². The van der Waals surface area contributed by atoms with E-state index < -0.39 is 0 Å². The molecular formula is C17H23N5O2. The quantitative estimate of drug-likeness (QED) is 0.935. The summed E-state index contributed by atoms with van der Waals surface area (Å²) in [6, 6.07) is 2.61. The Labute approximate surface area is 141 Å². The topological polar surface area (TPSA) is 76.0 Å². The van der Waals surface area contributed by atoms with E-state index in [2.05, 4.69) is 33.6 Å². The summed E-state index contributed by atoms with van der Waals surface area (Å²) in [5, 5.41) is 7.00. The van der Waals surface area contributed by atoms with Gasteiger partial charge in [-0.2, -0.15) is 5.10 Å². The molecule has 1 saturated heterocycles. The number of aryl methyl sites for hydroxylation is 2. The summed E-state index contributed by atoms with van der Waals surface area (Å²) < 4.78 is 8.07. The number of H-pyrrole nitrogens is 1. The highest BCUT2D eigenvalue weighted by Crippen LogP contribution is 2.38. The Morgan fingerprint density at radius 2 is 2.12 bits per heavy atom. The fraction of sp³-hybridized carbons (Fsp3) is 0.588. The Bertz CT molecular complexity index is 774. The van der Waals surface area contributed by atoms with Gasteiger partial charge in [-0.15, -0.1) is 0 Å². The molecule has 2 aliphatic rings. The van der Waals surface area contributed by atoms with Crippen LogP contribution in [0.5, 0.6) is 0 Å². The summed E-state index contributed by atoms with van der Waals surface area (Å²) in [5.41, 5.74) is 3.07. The third-order valence-corrected chi connectivity index (χ3v) is 4.88. The lowest BCUT2D eigenvalue weighted by molar-refractivity contribution is -0.0267. The van der Waals surface area contributed by atoms with E-state index in [9.17, 15) is 4.79 Å². The third-order valence-electron chi connectivity index (χ3n) is 4.88. The highest BCUT2D eigenvalue weighted by Gasteiger charge is 2.32. The van der Waals surface area contributed by atoms with Gasteiger partial charge in [0.25, 0.3) is 5.91 Å². The molecule has 1 amide bonds. The standard InChI is InChI=1S/C17H23N5O2/c1-10-8-14(11(2)22(10)13-4-5-13)17(23)21-6-7-24-15(9-21)16-18-12(3)19-20-16/h8,13,15H,4-7,9H2,1-3H3,(H,18,19,20)/t15-/m1/s1. The number of amides is 1. The van der Waals surface area contributed by atoms with Gasteiger partial charge in [-0.1, -0.05) is 0 Å². The second-order valence-corrected chi connectivity index (χ2v) is 6.78. The van der Waals surface area contributed by atoms with Gasteiger partial charge in [0.1, 0.15) is 11.9 Å². The Kier molecular flexibility index (Phi) is 3.68. The maximum atomic E-state index is 13.0. The van der Waals surface area contributed by atoms with Gasteiger partial charge < -0.3 is 14.2 Å². The molecule has 0 spiro atoms. The van der Waals surface area contributed by atoms with E-state index in [-0.39, 0.29) is 12.0 Å². The highest BCUT2D eigenvalue weighted by atomic mass is 16.5. The summed E-state index contributed by atoms with van der Waals surface area (Å²) in [4.78, 5) is 19.2. The molecule has 2 aromatic rings. The van der Waals surface area contributed by atoms with E-state index in [1.165, 1.54) is 18.5 Å².